The Bertz CT molecular complexity index is 825. The Morgan fingerprint density at radius 3 is 2.59 bits per heavy atom. The third-order valence-electron chi connectivity index (χ3n) is 4.65. The zero-order valence-electron chi connectivity index (χ0n) is 15.8. The van der Waals surface area contributed by atoms with Gasteiger partial charge in [0, 0.05) is 11.4 Å². The fourth-order valence-electron chi connectivity index (χ4n) is 2.91. The SMILES string of the molecule is Cc1ccc(NC(=O)C2CSCN2C(=O)C(C)Oc2ccccc2)cc1C. The molecule has 0 radical (unpaired) electrons. The van der Waals surface area contributed by atoms with Crippen LogP contribution in [0, 0.1) is 13.8 Å². The Hall–Kier alpha value is -2.47. The quantitative estimate of drug-likeness (QED) is 0.856. The van der Waals surface area contributed by atoms with Crippen LogP contribution in [-0.2, 0) is 9.59 Å². The van der Waals surface area contributed by atoms with Crippen LogP contribution in [0.25, 0.3) is 0 Å². The van der Waals surface area contributed by atoms with Crippen LogP contribution in [-0.4, -0.2) is 40.5 Å². The number of rotatable bonds is 5. The summed E-state index contributed by atoms with van der Waals surface area (Å²) in [7, 11) is 0. The van der Waals surface area contributed by atoms with Gasteiger partial charge in [-0.25, -0.2) is 0 Å². The van der Waals surface area contributed by atoms with Crippen molar-refractivity contribution in [2.24, 2.45) is 0 Å². The first-order chi connectivity index (χ1) is 13.0. The van der Waals surface area contributed by atoms with Crippen LogP contribution in [0.2, 0.25) is 0 Å². The number of hydrogen-bond acceptors (Lipinski definition) is 4. The molecular weight excluding hydrogens is 360 g/mol. The van der Waals surface area contributed by atoms with Crippen LogP contribution >= 0.6 is 11.8 Å². The first-order valence-corrected chi connectivity index (χ1v) is 10.1. The van der Waals surface area contributed by atoms with E-state index in [9.17, 15) is 9.59 Å². The summed E-state index contributed by atoms with van der Waals surface area (Å²) in [5.41, 5.74) is 3.04. The van der Waals surface area contributed by atoms with Gasteiger partial charge < -0.3 is 15.0 Å². The lowest BCUT2D eigenvalue weighted by atomic mass is 10.1. The number of para-hydroxylation sites is 1. The van der Waals surface area contributed by atoms with Gasteiger partial charge >= 0.3 is 0 Å². The molecule has 1 saturated heterocycles. The molecule has 0 aromatic heterocycles. The number of carbonyl (C=O) groups excluding carboxylic acids is 2. The van der Waals surface area contributed by atoms with E-state index in [1.807, 2.05) is 62.4 Å². The third-order valence-corrected chi connectivity index (χ3v) is 5.66. The number of carbonyl (C=O) groups is 2. The van der Waals surface area contributed by atoms with Crippen molar-refractivity contribution >= 4 is 29.3 Å². The summed E-state index contributed by atoms with van der Waals surface area (Å²) in [5, 5.41) is 2.94. The van der Waals surface area contributed by atoms with E-state index < -0.39 is 12.1 Å². The average Bonchev–Trinajstić information content (AvgIpc) is 3.15. The van der Waals surface area contributed by atoms with E-state index in [1.165, 1.54) is 5.56 Å². The van der Waals surface area contributed by atoms with Gasteiger partial charge in [0.25, 0.3) is 5.91 Å². The van der Waals surface area contributed by atoms with Gasteiger partial charge in [0.05, 0.1) is 5.88 Å². The van der Waals surface area contributed by atoms with Gasteiger partial charge in [0.2, 0.25) is 5.91 Å². The molecule has 1 heterocycles. The predicted molar refractivity (Wildman–Crippen MR) is 109 cm³/mol. The van der Waals surface area contributed by atoms with Crippen molar-refractivity contribution in [3.8, 4) is 5.75 Å². The second-order valence-corrected chi connectivity index (χ2v) is 7.68. The molecule has 1 N–H and O–H groups in total. The second-order valence-electron chi connectivity index (χ2n) is 6.69. The Kier molecular flexibility index (Phi) is 6.06. The fraction of sp³-hybridized carbons (Fsp3) is 0.333. The number of hydrogen-bond donors (Lipinski definition) is 1. The van der Waals surface area contributed by atoms with Gasteiger partial charge in [0.15, 0.2) is 6.10 Å². The Morgan fingerprint density at radius 2 is 1.89 bits per heavy atom. The smallest absolute Gasteiger partial charge is 0.264 e. The lowest BCUT2D eigenvalue weighted by Crippen LogP contribution is -2.48. The van der Waals surface area contributed by atoms with Gasteiger partial charge in [-0.1, -0.05) is 24.3 Å². The van der Waals surface area contributed by atoms with Crippen LogP contribution in [0.3, 0.4) is 0 Å². The lowest BCUT2D eigenvalue weighted by Gasteiger charge is -2.26. The molecule has 27 heavy (non-hydrogen) atoms. The highest BCUT2D eigenvalue weighted by molar-refractivity contribution is 7.99. The maximum Gasteiger partial charge on any atom is 0.264 e. The van der Waals surface area contributed by atoms with Crippen molar-refractivity contribution in [3.05, 3.63) is 59.7 Å². The highest BCUT2D eigenvalue weighted by Crippen LogP contribution is 2.24. The summed E-state index contributed by atoms with van der Waals surface area (Å²) >= 11 is 1.58. The van der Waals surface area contributed by atoms with Crippen molar-refractivity contribution in [1.29, 1.82) is 0 Å². The topological polar surface area (TPSA) is 58.6 Å². The lowest BCUT2D eigenvalue weighted by molar-refractivity contribution is -0.141. The van der Waals surface area contributed by atoms with E-state index in [0.29, 0.717) is 17.4 Å². The van der Waals surface area contributed by atoms with Crippen molar-refractivity contribution in [3.63, 3.8) is 0 Å². The maximum absolute atomic E-state index is 12.8. The highest BCUT2D eigenvalue weighted by atomic mass is 32.2. The first-order valence-electron chi connectivity index (χ1n) is 8.94. The van der Waals surface area contributed by atoms with E-state index in [2.05, 4.69) is 5.32 Å². The first kappa shape index (κ1) is 19.3. The monoisotopic (exact) mass is 384 g/mol. The van der Waals surface area contributed by atoms with E-state index in [-0.39, 0.29) is 11.8 Å². The van der Waals surface area contributed by atoms with Gasteiger partial charge in [-0.05, 0) is 56.2 Å². The molecule has 0 saturated carbocycles. The zero-order valence-corrected chi connectivity index (χ0v) is 16.6. The molecule has 1 aliphatic heterocycles. The van der Waals surface area contributed by atoms with Gasteiger partial charge in [-0.3, -0.25) is 9.59 Å². The molecule has 2 unspecified atom stereocenters. The number of aryl methyl sites for hydroxylation is 2. The fourth-order valence-corrected chi connectivity index (χ4v) is 4.07. The Morgan fingerprint density at radius 1 is 1.15 bits per heavy atom. The molecule has 0 aliphatic carbocycles. The summed E-state index contributed by atoms with van der Waals surface area (Å²) in [4.78, 5) is 27.2. The maximum atomic E-state index is 12.8. The summed E-state index contributed by atoms with van der Waals surface area (Å²) < 4.78 is 5.73. The minimum atomic E-state index is -0.650. The number of amides is 2. The summed E-state index contributed by atoms with van der Waals surface area (Å²) in [6, 6.07) is 14.6. The summed E-state index contributed by atoms with van der Waals surface area (Å²) in [6.45, 7) is 5.76. The predicted octanol–water partition coefficient (Wildman–Crippen LogP) is 3.61. The molecule has 2 aromatic carbocycles. The van der Waals surface area contributed by atoms with E-state index in [0.717, 1.165) is 11.3 Å². The molecule has 0 bridgehead atoms. The van der Waals surface area contributed by atoms with Gasteiger partial charge in [-0.15, -0.1) is 11.8 Å². The van der Waals surface area contributed by atoms with Crippen LogP contribution in [0.5, 0.6) is 5.75 Å². The van der Waals surface area contributed by atoms with E-state index in [4.69, 9.17) is 4.74 Å². The highest BCUT2D eigenvalue weighted by Gasteiger charge is 2.37. The normalized spacial score (nSPS) is 17.4. The number of ether oxygens (including phenoxy) is 1. The summed E-state index contributed by atoms with van der Waals surface area (Å²) in [6.07, 6.45) is -0.650. The van der Waals surface area contributed by atoms with Crippen LogP contribution < -0.4 is 10.1 Å². The number of nitrogens with one attached hydrogen (secondary N) is 1. The van der Waals surface area contributed by atoms with Crippen molar-refractivity contribution in [2.45, 2.75) is 32.9 Å². The molecule has 1 fully saturated rings. The van der Waals surface area contributed by atoms with E-state index >= 15 is 0 Å². The molecule has 2 amide bonds. The van der Waals surface area contributed by atoms with Gasteiger partial charge in [-0.2, -0.15) is 0 Å². The number of anilines is 1. The molecular formula is C21H24N2O3S. The molecule has 2 aromatic rings. The molecule has 1 aliphatic rings. The van der Waals surface area contributed by atoms with Crippen molar-refractivity contribution in [2.75, 3.05) is 16.9 Å². The minimum absolute atomic E-state index is 0.163. The molecule has 2 atom stereocenters. The molecule has 3 rings (SSSR count). The van der Waals surface area contributed by atoms with Crippen LogP contribution in [0.1, 0.15) is 18.1 Å². The standard InChI is InChI=1S/C21H24N2O3S/c1-14-9-10-17(11-15(14)2)22-20(24)19-12-27-13-23(19)21(25)16(3)26-18-7-5-4-6-8-18/h4-11,16,19H,12-13H2,1-3H3,(H,22,24). The molecule has 0 spiro atoms. The van der Waals surface area contributed by atoms with Gasteiger partial charge in [0.1, 0.15) is 11.8 Å². The van der Waals surface area contributed by atoms with Crippen LogP contribution in [0.15, 0.2) is 48.5 Å². The van der Waals surface area contributed by atoms with E-state index in [1.54, 1.807) is 23.6 Å². The molecule has 5 nitrogen and oxygen atoms in total. The molecule has 6 heteroatoms. The minimum Gasteiger partial charge on any atom is -0.481 e. The number of benzene rings is 2. The Balaban J connectivity index is 1.65. The van der Waals surface area contributed by atoms with Crippen molar-refractivity contribution in [1.82, 2.24) is 4.90 Å². The second kappa shape index (κ2) is 8.48. The summed E-state index contributed by atoms with van der Waals surface area (Å²) in [5.74, 6) is 1.38. The van der Waals surface area contributed by atoms with Crippen molar-refractivity contribution < 1.29 is 14.3 Å². The van der Waals surface area contributed by atoms with Crippen LogP contribution in [0.4, 0.5) is 5.69 Å². The Labute approximate surface area is 164 Å². The largest absolute Gasteiger partial charge is 0.481 e. The average molecular weight is 385 g/mol. The number of nitrogens with zero attached hydrogens (tertiary/aromatic N) is 1. The zero-order chi connectivity index (χ0) is 19.4. The third kappa shape index (κ3) is 4.63. The molecule has 142 valence electrons. The number of thioether (sulfide) groups is 1.